The second-order valence-electron chi connectivity index (χ2n) is 3.76. The van der Waals surface area contributed by atoms with E-state index in [-0.39, 0.29) is 11.6 Å². The van der Waals surface area contributed by atoms with Gasteiger partial charge < -0.3 is 15.4 Å². The number of aromatic nitrogens is 2. The summed E-state index contributed by atoms with van der Waals surface area (Å²) in [5, 5.41) is 13.6. The molecule has 0 aliphatic heterocycles. The minimum absolute atomic E-state index is 0.223. The average Bonchev–Trinajstić information content (AvgIpc) is 2.70. The van der Waals surface area contributed by atoms with Crippen LogP contribution in [0.5, 0.6) is 0 Å². The minimum Gasteiger partial charge on any atom is -0.360 e. The summed E-state index contributed by atoms with van der Waals surface area (Å²) in [5.41, 5.74) is 0.826. The maximum atomic E-state index is 12.7. The van der Waals surface area contributed by atoms with Crippen LogP contribution < -0.4 is 5.32 Å². The standard InChI is InChI=1S/C11H11FN4O2/c1-15-7-14-11(16(17)18)10(15)13-6-8-2-4-9(12)5-3-8/h2-5,7,13H,6H2,1H3. The van der Waals surface area contributed by atoms with E-state index >= 15 is 0 Å². The van der Waals surface area contributed by atoms with Crippen LogP contribution in [0.15, 0.2) is 30.6 Å². The van der Waals surface area contributed by atoms with Crippen molar-refractivity contribution in [2.75, 3.05) is 5.32 Å². The lowest BCUT2D eigenvalue weighted by Crippen LogP contribution is -2.05. The topological polar surface area (TPSA) is 73.0 Å². The van der Waals surface area contributed by atoms with Crippen molar-refractivity contribution in [1.29, 1.82) is 0 Å². The molecule has 0 saturated carbocycles. The lowest BCUT2D eigenvalue weighted by molar-refractivity contribution is -0.388. The number of imidazole rings is 1. The third-order valence-electron chi connectivity index (χ3n) is 2.46. The van der Waals surface area contributed by atoms with E-state index in [1.165, 1.54) is 23.0 Å². The van der Waals surface area contributed by atoms with Crippen LogP contribution in [0.3, 0.4) is 0 Å². The summed E-state index contributed by atoms with van der Waals surface area (Å²) in [5.74, 6) is -0.214. The molecule has 1 aromatic heterocycles. The lowest BCUT2D eigenvalue weighted by atomic mass is 10.2. The molecule has 0 fully saturated rings. The van der Waals surface area contributed by atoms with Gasteiger partial charge in [0, 0.05) is 13.6 Å². The van der Waals surface area contributed by atoms with E-state index in [1.54, 1.807) is 19.2 Å². The van der Waals surface area contributed by atoms with Crippen molar-refractivity contribution in [3.63, 3.8) is 0 Å². The summed E-state index contributed by atoms with van der Waals surface area (Å²) in [6.45, 7) is 0.362. The summed E-state index contributed by atoms with van der Waals surface area (Å²) in [7, 11) is 1.66. The first-order valence-electron chi connectivity index (χ1n) is 5.22. The Kier molecular flexibility index (Phi) is 3.22. The highest BCUT2D eigenvalue weighted by Crippen LogP contribution is 2.21. The first kappa shape index (κ1) is 12.0. The van der Waals surface area contributed by atoms with Crippen molar-refractivity contribution in [2.45, 2.75) is 6.54 Å². The summed E-state index contributed by atoms with van der Waals surface area (Å²) < 4.78 is 14.2. The molecule has 0 spiro atoms. The molecule has 0 bridgehead atoms. The monoisotopic (exact) mass is 250 g/mol. The summed E-state index contributed by atoms with van der Waals surface area (Å²) in [4.78, 5) is 13.9. The van der Waals surface area contributed by atoms with Crippen LogP contribution in [0, 0.1) is 15.9 Å². The highest BCUT2D eigenvalue weighted by atomic mass is 19.1. The number of nitro groups is 1. The smallest absolute Gasteiger partial charge is 0.360 e. The third kappa shape index (κ3) is 2.45. The van der Waals surface area contributed by atoms with Crippen LogP contribution in [0.25, 0.3) is 0 Å². The van der Waals surface area contributed by atoms with Crippen molar-refractivity contribution in [3.8, 4) is 0 Å². The number of hydrogen-bond donors (Lipinski definition) is 1. The molecule has 0 unspecified atom stereocenters. The maximum absolute atomic E-state index is 12.7. The van der Waals surface area contributed by atoms with Crippen LogP contribution in [0.1, 0.15) is 5.56 Å². The molecule has 6 nitrogen and oxygen atoms in total. The van der Waals surface area contributed by atoms with Crippen molar-refractivity contribution >= 4 is 11.6 Å². The number of nitrogens with zero attached hydrogens (tertiary/aromatic N) is 3. The number of benzene rings is 1. The quantitative estimate of drug-likeness (QED) is 0.666. The van der Waals surface area contributed by atoms with Crippen LogP contribution >= 0.6 is 0 Å². The molecule has 0 aliphatic rings. The molecule has 0 aliphatic carbocycles. The highest BCUT2D eigenvalue weighted by Gasteiger charge is 2.19. The molecule has 2 aromatic rings. The predicted octanol–water partition coefficient (Wildman–Crippen LogP) is 2.08. The van der Waals surface area contributed by atoms with Gasteiger partial charge >= 0.3 is 5.82 Å². The van der Waals surface area contributed by atoms with E-state index in [2.05, 4.69) is 10.3 Å². The molecule has 0 amide bonds. The Bertz CT molecular complexity index is 565. The van der Waals surface area contributed by atoms with E-state index in [1.807, 2.05) is 0 Å². The Labute approximate surface area is 102 Å². The van der Waals surface area contributed by atoms with Crippen LogP contribution in [-0.4, -0.2) is 14.5 Å². The molecule has 0 saturated heterocycles. The first-order chi connectivity index (χ1) is 8.58. The fourth-order valence-electron chi connectivity index (χ4n) is 1.54. The van der Waals surface area contributed by atoms with Gasteiger partial charge in [0.15, 0.2) is 0 Å². The van der Waals surface area contributed by atoms with Crippen molar-refractivity contribution in [1.82, 2.24) is 9.55 Å². The molecule has 94 valence electrons. The summed E-state index contributed by atoms with van der Waals surface area (Å²) in [6, 6.07) is 5.92. The predicted molar refractivity (Wildman–Crippen MR) is 63.6 cm³/mol. The Morgan fingerprint density at radius 1 is 1.44 bits per heavy atom. The maximum Gasteiger partial charge on any atom is 0.406 e. The van der Waals surface area contributed by atoms with E-state index in [9.17, 15) is 14.5 Å². The van der Waals surface area contributed by atoms with E-state index in [0.29, 0.717) is 12.4 Å². The lowest BCUT2D eigenvalue weighted by Gasteiger charge is -2.06. The molecule has 2 rings (SSSR count). The minimum atomic E-state index is -0.549. The molecule has 0 radical (unpaired) electrons. The number of rotatable bonds is 4. The fourth-order valence-corrected chi connectivity index (χ4v) is 1.54. The zero-order valence-corrected chi connectivity index (χ0v) is 9.63. The fraction of sp³-hybridized carbons (Fsp3) is 0.182. The van der Waals surface area contributed by atoms with Crippen molar-refractivity contribution in [3.05, 3.63) is 52.1 Å². The number of aryl methyl sites for hydroxylation is 1. The molecule has 1 N–H and O–H groups in total. The summed E-state index contributed by atoms with van der Waals surface area (Å²) in [6.07, 6.45) is 1.37. The van der Waals surface area contributed by atoms with Gasteiger partial charge in [0.1, 0.15) is 5.82 Å². The van der Waals surface area contributed by atoms with Gasteiger partial charge in [-0.15, -0.1) is 0 Å². The SMILES string of the molecule is Cn1cnc([N+](=O)[O-])c1NCc1ccc(F)cc1. The molecule has 18 heavy (non-hydrogen) atoms. The van der Waals surface area contributed by atoms with Gasteiger partial charge in [0.25, 0.3) is 0 Å². The molecule has 7 heteroatoms. The van der Waals surface area contributed by atoms with Gasteiger partial charge in [-0.05, 0) is 27.6 Å². The largest absolute Gasteiger partial charge is 0.406 e. The average molecular weight is 250 g/mol. The van der Waals surface area contributed by atoms with Crippen molar-refractivity contribution in [2.24, 2.45) is 7.05 Å². The molecular formula is C11H11FN4O2. The number of nitrogens with one attached hydrogen (secondary N) is 1. The van der Waals surface area contributed by atoms with Crippen molar-refractivity contribution < 1.29 is 9.31 Å². The first-order valence-corrected chi connectivity index (χ1v) is 5.22. The van der Waals surface area contributed by atoms with Gasteiger partial charge in [-0.1, -0.05) is 12.1 Å². The zero-order valence-electron chi connectivity index (χ0n) is 9.63. The Balaban J connectivity index is 2.12. The van der Waals surface area contributed by atoms with E-state index in [4.69, 9.17) is 0 Å². The van der Waals surface area contributed by atoms with Gasteiger partial charge in [-0.2, -0.15) is 0 Å². The zero-order chi connectivity index (χ0) is 13.1. The number of halogens is 1. The van der Waals surface area contributed by atoms with Gasteiger partial charge in [-0.3, -0.25) is 4.57 Å². The molecule has 0 atom stereocenters. The molecule has 1 heterocycles. The molecular weight excluding hydrogens is 239 g/mol. The number of hydrogen-bond acceptors (Lipinski definition) is 4. The summed E-state index contributed by atoms with van der Waals surface area (Å²) >= 11 is 0. The second-order valence-corrected chi connectivity index (χ2v) is 3.76. The van der Waals surface area contributed by atoms with Gasteiger partial charge in [0.2, 0.25) is 12.1 Å². The van der Waals surface area contributed by atoms with Gasteiger partial charge in [-0.25, -0.2) is 4.39 Å². The Hall–Kier alpha value is -2.44. The van der Waals surface area contributed by atoms with Crippen LogP contribution in [-0.2, 0) is 13.6 Å². The number of anilines is 1. The third-order valence-corrected chi connectivity index (χ3v) is 2.46. The molecule has 1 aromatic carbocycles. The second kappa shape index (κ2) is 4.82. The normalized spacial score (nSPS) is 10.3. The van der Waals surface area contributed by atoms with E-state index < -0.39 is 4.92 Å². The van der Waals surface area contributed by atoms with E-state index in [0.717, 1.165) is 5.56 Å². The van der Waals surface area contributed by atoms with Crippen LogP contribution in [0.2, 0.25) is 0 Å². The Morgan fingerprint density at radius 2 is 2.11 bits per heavy atom. The van der Waals surface area contributed by atoms with Gasteiger partial charge in [0.05, 0.1) is 0 Å². The van der Waals surface area contributed by atoms with Crippen LogP contribution in [0.4, 0.5) is 16.0 Å². The highest BCUT2D eigenvalue weighted by molar-refractivity contribution is 5.52. The Morgan fingerprint density at radius 3 is 2.72 bits per heavy atom.